The molecule has 0 radical (unpaired) electrons. The molecule has 11 atom stereocenters. The van der Waals surface area contributed by atoms with Gasteiger partial charge in [-0.25, -0.2) is 9.59 Å². The number of rotatable bonds is 3. The molecule has 9 nitrogen and oxygen atoms in total. The summed E-state index contributed by atoms with van der Waals surface area (Å²) in [7, 11) is 0. The molecule has 36 heavy (non-hydrogen) atoms. The molecule has 3 aliphatic carbocycles. The third-order valence-electron chi connectivity index (χ3n) is 10.1. The van der Waals surface area contributed by atoms with Crippen molar-refractivity contribution in [1.82, 2.24) is 0 Å². The number of aliphatic hydroxyl groups is 3. The molecule has 3 N–H and O–H groups in total. The highest BCUT2D eigenvalue weighted by Gasteiger charge is 2.83. The van der Waals surface area contributed by atoms with Crippen LogP contribution in [-0.4, -0.2) is 69.9 Å². The average Bonchev–Trinajstić information content (AvgIpc) is 3.08. The highest BCUT2D eigenvalue weighted by molar-refractivity contribution is 5.96. The van der Waals surface area contributed by atoms with Crippen molar-refractivity contribution in [3.05, 3.63) is 23.3 Å². The SMILES string of the molecule is CC(=CC(=O)OC1C(=O)OC2CC3C(C)=CC(=O)C(O)C3(C)C3C4(O)OCC23C1C(C)C4O)C(C)C. The lowest BCUT2D eigenvalue weighted by Crippen LogP contribution is -2.78. The van der Waals surface area contributed by atoms with Gasteiger partial charge in [-0.05, 0) is 44.1 Å². The fourth-order valence-corrected chi connectivity index (χ4v) is 8.24. The van der Waals surface area contributed by atoms with Crippen LogP contribution < -0.4 is 0 Å². The van der Waals surface area contributed by atoms with Crippen LogP contribution in [0.5, 0.6) is 0 Å². The Balaban J connectivity index is 1.65. The number of ether oxygens (including phenoxy) is 3. The fourth-order valence-electron chi connectivity index (χ4n) is 8.24. The first-order chi connectivity index (χ1) is 16.7. The first-order valence-electron chi connectivity index (χ1n) is 12.7. The molecule has 9 heteroatoms. The second-order valence-electron chi connectivity index (χ2n) is 12.1. The Morgan fingerprint density at radius 1 is 1.28 bits per heavy atom. The standard InChI is InChI=1S/C27H36O9/c1-11(2)12(3)8-18(29)36-20-19-14(5)21(30)27(33)24-25(6)15(13(4)7-16(28)22(25)31)9-17(35-23(20)32)26(19,24)10-34-27/h7-8,11,14-15,17,19-22,24,30-31,33H,9-10H2,1-6H3. The lowest BCUT2D eigenvalue weighted by atomic mass is 9.38. The minimum Gasteiger partial charge on any atom is -0.459 e. The number of carbonyl (C=O) groups is 3. The van der Waals surface area contributed by atoms with E-state index in [4.69, 9.17) is 14.2 Å². The number of esters is 2. The van der Waals surface area contributed by atoms with Gasteiger partial charge in [-0.2, -0.15) is 0 Å². The van der Waals surface area contributed by atoms with Crippen LogP contribution in [0.4, 0.5) is 0 Å². The molecule has 11 unspecified atom stereocenters. The summed E-state index contributed by atoms with van der Waals surface area (Å²) in [6.07, 6.45) is -1.88. The van der Waals surface area contributed by atoms with Gasteiger partial charge in [0.25, 0.3) is 0 Å². The normalized spacial score (nSPS) is 49.7. The molecule has 0 aromatic heterocycles. The van der Waals surface area contributed by atoms with Gasteiger partial charge in [-0.1, -0.05) is 38.8 Å². The molecule has 198 valence electrons. The van der Waals surface area contributed by atoms with E-state index < -0.39 is 82.4 Å². The van der Waals surface area contributed by atoms with Crippen molar-refractivity contribution < 1.29 is 43.9 Å². The molecule has 5 rings (SSSR count). The topological polar surface area (TPSA) is 140 Å². The molecule has 2 saturated carbocycles. The summed E-state index contributed by atoms with van der Waals surface area (Å²) in [6, 6.07) is 0. The second kappa shape index (κ2) is 7.96. The molecule has 2 aliphatic heterocycles. The molecule has 0 aromatic carbocycles. The minimum absolute atomic E-state index is 0.0704. The molecule has 1 spiro atoms. The van der Waals surface area contributed by atoms with E-state index in [-0.39, 0.29) is 12.5 Å². The number of carbonyl (C=O) groups excluding carboxylic acids is 3. The summed E-state index contributed by atoms with van der Waals surface area (Å²) < 4.78 is 17.6. The van der Waals surface area contributed by atoms with Gasteiger partial charge in [-0.15, -0.1) is 0 Å². The number of aliphatic hydroxyl groups excluding tert-OH is 2. The smallest absolute Gasteiger partial charge is 0.348 e. The molecule has 2 heterocycles. The molecular formula is C27H36O9. The lowest BCUT2D eigenvalue weighted by molar-refractivity contribution is -0.339. The predicted octanol–water partition coefficient (Wildman–Crippen LogP) is 1.29. The Bertz CT molecular complexity index is 1080. The van der Waals surface area contributed by atoms with Gasteiger partial charge in [0.2, 0.25) is 6.10 Å². The van der Waals surface area contributed by atoms with Crippen LogP contribution in [0, 0.1) is 40.4 Å². The zero-order valence-corrected chi connectivity index (χ0v) is 21.6. The Morgan fingerprint density at radius 2 is 1.94 bits per heavy atom. The summed E-state index contributed by atoms with van der Waals surface area (Å²) in [4.78, 5) is 39.0. The van der Waals surface area contributed by atoms with E-state index in [1.807, 2.05) is 13.8 Å². The maximum atomic E-state index is 13.3. The molecule has 5 aliphatic rings. The first-order valence-corrected chi connectivity index (χ1v) is 12.7. The summed E-state index contributed by atoms with van der Waals surface area (Å²) in [6.45, 7) is 10.8. The van der Waals surface area contributed by atoms with Gasteiger partial charge in [-0.3, -0.25) is 4.79 Å². The van der Waals surface area contributed by atoms with Gasteiger partial charge in [0.1, 0.15) is 18.3 Å². The van der Waals surface area contributed by atoms with Crippen molar-refractivity contribution in [2.45, 2.75) is 78.2 Å². The summed E-state index contributed by atoms with van der Waals surface area (Å²) in [5.41, 5.74) is -0.779. The zero-order valence-electron chi connectivity index (χ0n) is 21.6. The van der Waals surface area contributed by atoms with Crippen molar-refractivity contribution in [2.24, 2.45) is 40.4 Å². The monoisotopic (exact) mass is 504 g/mol. The predicted molar refractivity (Wildman–Crippen MR) is 125 cm³/mol. The highest BCUT2D eigenvalue weighted by atomic mass is 16.7. The van der Waals surface area contributed by atoms with Crippen molar-refractivity contribution >= 4 is 17.7 Å². The van der Waals surface area contributed by atoms with Crippen molar-refractivity contribution in [1.29, 1.82) is 0 Å². The summed E-state index contributed by atoms with van der Waals surface area (Å²) >= 11 is 0. The van der Waals surface area contributed by atoms with Crippen LogP contribution in [0.25, 0.3) is 0 Å². The maximum Gasteiger partial charge on any atom is 0.348 e. The Hall–Kier alpha value is -2.07. The van der Waals surface area contributed by atoms with E-state index in [0.29, 0.717) is 12.0 Å². The van der Waals surface area contributed by atoms with Crippen molar-refractivity contribution in [3.63, 3.8) is 0 Å². The van der Waals surface area contributed by atoms with Gasteiger partial charge in [0.05, 0.1) is 6.61 Å². The average molecular weight is 505 g/mol. The zero-order chi connectivity index (χ0) is 26.5. The summed E-state index contributed by atoms with van der Waals surface area (Å²) in [5.74, 6) is -6.65. The second-order valence-corrected chi connectivity index (χ2v) is 12.1. The number of hydrogen-bond acceptors (Lipinski definition) is 9. The van der Waals surface area contributed by atoms with Gasteiger partial charge >= 0.3 is 11.9 Å². The third kappa shape index (κ3) is 3.00. The quantitative estimate of drug-likeness (QED) is 0.383. The van der Waals surface area contributed by atoms with E-state index in [2.05, 4.69) is 0 Å². The van der Waals surface area contributed by atoms with Crippen LogP contribution in [0.15, 0.2) is 23.3 Å². The van der Waals surface area contributed by atoms with E-state index in [9.17, 15) is 29.7 Å². The number of ketones is 1. The van der Waals surface area contributed by atoms with Crippen LogP contribution in [-0.2, 0) is 28.6 Å². The molecule has 4 fully saturated rings. The van der Waals surface area contributed by atoms with E-state index in [1.165, 1.54) is 12.2 Å². The van der Waals surface area contributed by atoms with Crippen LogP contribution >= 0.6 is 0 Å². The van der Waals surface area contributed by atoms with Gasteiger partial charge in [0, 0.05) is 28.7 Å². The molecule has 0 aromatic rings. The Kier molecular flexibility index (Phi) is 5.66. The van der Waals surface area contributed by atoms with Crippen LogP contribution in [0.1, 0.15) is 48.0 Å². The molecule has 2 bridgehead atoms. The number of hydrogen-bond donors (Lipinski definition) is 3. The minimum atomic E-state index is -2.08. The molecule has 0 amide bonds. The maximum absolute atomic E-state index is 13.3. The molecular weight excluding hydrogens is 468 g/mol. The van der Waals surface area contributed by atoms with Gasteiger partial charge < -0.3 is 29.5 Å². The van der Waals surface area contributed by atoms with E-state index in [1.54, 1.807) is 27.7 Å². The fraction of sp³-hybridized carbons (Fsp3) is 0.741. The van der Waals surface area contributed by atoms with Crippen molar-refractivity contribution in [2.75, 3.05) is 6.61 Å². The first kappa shape index (κ1) is 25.6. The van der Waals surface area contributed by atoms with Crippen LogP contribution in [0.3, 0.4) is 0 Å². The van der Waals surface area contributed by atoms with E-state index in [0.717, 1.165) is 5.57 Å². The Labute approximate surface area is 210 Å². The van der Waals surface area contributed by atoms with E-state index >= 15 is 0 Å². The lowest BCUT2D eigenvalue weighted by Gasteiger charge is -2.68. The summed E-state index contributed by atoms with van der Waals surface area (Å²) in [5, 5.41) is 34.5. The third-order valence-corrected chi connectivity index (χ3v) is 10.1. The van der Waals surface area contributed by atoms with Crippen LogP contribution in [0.2, 0.25) is 0 Å². The highest BCUT2D eigenvalue weighted by Crippen LogP contribution is 2.73. The van der Waals surface area contributed by atoms with Gasteiger partial charge in [0.15, 0.2) is 11.6 Å². The number of fused-ring (bicyclic) bond motifs is 1. The number of allylic oxidation sites excluding steroid dienone is 2. The largest absolute Gasteiger partial charge is 0.459 e. The van der Waals surface area contributed by atoms with Crippen molar-refractivity contribution in [3.8, 4) is 0 Å². The molecule has 2 saturated heterocycles. The Morgan fingerprint density at radius 3 is 2.58 bits per heavy atom.